The fraction of sp³-hybridized carbons (Fsp3) is 0.364. The molecule has 6 rings (SSSR count). The van der Waals surface area contributed by atoms with Gasteiger partial charge in [-0.1, -0.05) is 55.5 Å². The van der Waals surface area contributed by atoms with Gasteiger partial charge in [-0.15, -0.1) is 0 Å². The molecule has 1 aliphatic heterocycles. The van der Waals surface area contributed by atoms with E-state index in [-0.39, 0.29) is 0 Å². The maximum atomic E-state index is 14.4. The van der Waals surface area contributed by atoms with Crippen molar-refractivity contribution in [3.05, 3.63) is 70.8 Å². The molecule has 2 unspecified atom stereocenters. The number of ether oxygens (including phenoxy) is 2. The minimum Gasteiger partial charge on any atom is -0.393 e. The number of benzene rings is 2. The summed E-state index contributed by atoms with van der Waals surface area (Å²) in [6.07, 6.45) is -7.11. The highest BCUT2D eigenvalue weighted by molar-refractivity contribution is 6.01. The van der Waals surface area contributed by atoms with Crippen LogP contribution in [0.2, 0.25) is 0 Å². The first kappa shape index (κ1) is 18.4. The highest BCUT2D eigenvalue weighted by atomic mass is 19.4. The summed E-state index contributed by atoms with van der Waals surface area (Å²) in [5, 5.41) is 0. The Hall–Kier alpha value is -2.67. The van der Waals surface area contributed by atoms with Gasteiger partial charge < -0.3 is 9.47 Å². The number of alkyl halides is 3. The van der Waals surface area contributed by atoms with E-state index in [1.807, 2.05) is 0 Å². The monoisotopic (exact) mass is 402 g/mol. The van der Waals surface area contributed by atoms with Crippen LogP contribution in [0.15, 0.2) is 48.5 Å². The van der Waals surface area contributed by atoms with Crippen LogP contribution in [-0.4, -0.2) is 31.3 Å². The van der Waals surface area contributed by atoms with Crippen molar-refractivity contribution >= 4 is 11.9 Å². The zero-order chi connectivity index (χ0) is 20.8. The Morgan fingerprint density at radius 1 is 0.897 bits per heavy atom. The Kier molecular flexibility index (Phi) is 3.47. The summed E-state index contributed by atoms with van der Waals surface area (Å²) >= 11 is 0. The summed E-state index contributed by atoms with van der Waals surface area (Å²) < 4.78 is 53.1. The Labute approximate surface area is 164 Å². The molecule has 29 heavy (non-hydrogen) atoms. The van der Waals surface area contributed by atoms with E-state index in [4.69, 9.17) is 9.47 Å². The van der Waals surface area contributed by atoms with Crippen LogP contribution in [0.4, 0.5) is 13.2 Å². The van der Waals surface area contributed by atoms with Crippen LogP contribution < -0.4 is 0 Å². The van der Waals surface area contributed by atoms with E-state index < -0.39 is 46.9 Å². The number of halogens is 3. The molecule has 0 spiro atoms. The lowest BCUT2D eigenvalue weighted by Gasteiger charge is -2.60. The van der Waals surface area contributed by atoms with Crippen molar-refractivity contribution in [1.82, 2.24) is 0 Å². The first-order chi connectivity index (χ1) is 13.7. The fourth-order valence-corrected chi connectivity index (χ4v) is 6.09. The molecule has 0 aromatic heterocycles. The van der Waals surface area contributed by atoms with Crippen molar-refractivity contribution < 1.29 is 32.2 Å². The third-order valence-electron chi connectivity index (χ3n) is 6.97. The average Bonchev–Trinajstić information content (AvgIpc) is 2.99. The standard InChI is InChI=1S/C22H17F3O4/c1-20-11-7-3-5-9-13(11)21(19(28-2)22(23,24)25,14-10-6-4-8-12(14)20)16-15(20)17(26)29-18(16)27/h3-10,15-16,19H,1-2H3/t15?,16?,19-,20?,21?/m1/s1. The second kappa shape index (κ2) is 5.48. The molecule has 4 nitrogen and oxygen atoms in total. The maximum Gasteiger partial charge on any atom is 0.415 e. The predicted molar refractivity (Wildman–Crippen MR) is 95.0 cm³/mol. The van der Waals surface area contributed by atoms with Gasteiger partial charge in [0.2, 0.25) is 0 Å². The molecular weight excluding hydrogens is 385 g/mol. The lowest BCUT2D eigenvalue weighted by atomic mass is 9.41. The molecule has 2 aromatic rings. The summed E-state index contributed by atoms with van der Waals surface area (Å²) in [6.45, 7) is 1.81. The summed E-state index contributed by atoms with van der Waals surface area (Å²) in [6, 6.07) is 13.4. The molecule has 3 aliphatic carbocycles. The minimum atomic E-state index is -4.78. The maximum absolute atomic E-state index is 14.4. The molecule has 150 valence electrons. The number of carbonyl (C=O) groups is 2. The molecule has 3 atom stereocenters. The molecule has 0 amide bonds. The van der Waals surface area contributed by atoms with Gasteiger partial charge in [0.05, 0.1) is 17.3 Å². The first-order valence-electron chi connectivity index (χ1n) is 9.25. The fourth-order valence-electron chi connectivity index (χ4n) is 6.09. The van der Waals surface area contributed by atoms with Gasteiger partial charge in [0, 0.05) is 12.5 Å². The summed E-state index contributed by atoms with van der Waals surface area (Å²) in [5.41, 5.74) is -0.981. The van der Waals surface area contributed by atoms with Crippen molar-refractivity contribution in [2.24, 2.45) is 11.8 Å². The molecule has 0 radical (unpaired) electrons. The minimum absolute atomic E-state index is 0.360. The van der Waals surface area contributed by atoms with Gasteiger partial charge in [0.15, 0.2) is 6.10 Å². The number of esters is 2. The van der Waals surface area contributed by atoms with Gasteiger partial charge in [0.25, 0.3) is 0 Å². The van der Waals surface area contributed by atoms with Gasteiger partial charge in [0.1, 0.15) is 0 Å². The van der Waals surface area contributed by atoms with Crippen LogP contribution in [0.3, 0.4) is 0 Å². The van der Waals surface area contributed by atoms with E-state index in [1.165, 1.54) is 0 Å². The van der Waals surface area contributed by atoms with E-state index in [1.54, 1.807) is 55.5 Å². The van der Waals surface area contributed by atoms with Gasteiger partial charge in [-0.3, -0.25) is 9.59 Å². The number of carbonyl (C=O) groups excluding carboxylic acids is 2. The number of cyclic esters (lactones) is 2. The number of methoxy groups -OCH3 is 1. The Balaban J connectivity index is 2.01. The van der Waals surface area contributed by atoms with Gasteiger partial charge in [-0.2, -0.15) is 13.2 Å². The van der Waals surface area contributed by atoms with Crippen LogP contribution in [-0.2, 0) is 29.9 Å². The largest absolute Gasteiger partial charge is 0.415 e. The first-order valence-corrected chi connectivity index (χ1v) is 9.25. The Bertz CT molecular complexity index is 1010. The van der Waals surface area contributed by atoms with Crippen molar-refractivity contribution in [2.75, 3.05) is 7.11 Å². The predicted octanol–water partition coefficient (Wildman–Crippen LogP) is 3.50. The molecule has 2 aromatic carbocycles. The Morgan fingerprint density at radius 3 is 1.79 bits per heavy atom. The molecule has 1 fully saturated rings. The SMILES string of the molecule is CO[C@@H](C(F)(F)F)C12c3ccccc3C(C)(c3ccccc31)C1C(=O)OC(=O)C12. The molecule has 1 saturated heterocycles. The third-order valence-corrected chi connectivity index (χ3v) is 6.97. The van der Waals surface area contributed by atoms with Crippen molar-refractivity contribution in [1.29, 1.82) is 0 Å². The molecule has 0 saturated carbocycles. The average molecular weight is 402 g/mol. The zero-order valence-corrected chi connectivity index (χ0v) is 15.6. The highest BCUT2D eigenvalue weighted by Crippen LogP contribution is 2.68. The topological polar surface area (TPSA) is 52.6 Å². The third kappa shape index (κ3) is 1.89. The van der Waals surface area contributed by atoms with Crippen LogP contribution >= 0.6 is 0 Å². The molecule has 2 bridgehead atoms. The Morgan fingerprint density at radius 2 is 1.34 bits per heavy atom. The second-order valence-electron chi connectivity index (χ2n) is 8.02. The smallest absolute Gasteiger partial charge is 0.393 e. The zero-order valence-electron chi connectivity index (χ0n) is 15.6. The van der Waals surface area contributed by atoms with Gasteiger partial charge in [-0.25, -0.2) is 0 Å². The van der Waals surface area contributed by atoms with E-state index in [9.17, 15) is 22.8 Å². The summed E-state index contributed by atoms with van der Waals surface area (Å²) in [4.78, 5) is 25.6. The summed E-state index contributed by atoms with van der Waals surface area (Å²) in [5.74, 6) is -4.09. The molecule has 1 heterocycles. The number of hydrogen-bond donors (Lipinski definition) is 0. The molecular formula is C22H17F3O4. The highest BCUT2D eigenvalue weighted by Gasteiger charge is 2.76. The van der Waals surface area contributed by atoms with Crippen LogP contribution in [0.1, 0.15) is 29.2 Å². The molecule has 7 heteroatoms. The second-order valence-corrected chi connectivity index (χ2v) is 8.02. The van der Waals surface area contributed by atoms with Crippen molar-refractivity contribution in [2.45, 2.75) is 30.0 Å². The van der Waals surface area contributed by atoms with Crippen LogP contribution in [0.25, 0.3) is 0 Å². The van der Waals surface area contributed by atoms with Crippen LogP contribution in [0, 0.1) is 11.8 Å². The van der Waals surface area contributed by atoms with E-state index >= 15 is 0 Å². The van der Waals surface area contributed by atoms with E-state index in [0.717, 1.165) is 7.11 Å². The van der Waals surface area contributed by atoms with E-state index in [2.05, 4.69) is 0 Å². The lowest BCUT2D eigenvalue weighted by molar-refractivity contribution is -0.239. The van der Waals surface area contributed by atoms with Gasteiger partial charge >= 0.3 is 18.1 Å². The number of rotatable bonds is 2. The summed E-state index contributed by atoms with van der Waals surface area (Å²) in [7, 11) is 0.984. The molecule has 0 N–H and O–H groups in total. The van der Waals surface area contributed by atoms with Crippen molar-refractivity contribution in [3.8, 4) is 0 Å². The van der Waals surface area contributed by atoms with Gasteiger partial charge in [-0.05, 0) is 22.3 Å². The normalized spacial score (nSPS) is 33.0. The lowest BCUT2D eigenvalue weighted by Crippen LogP contribution is -2.67. The van der Waals surface area contributed by atoms with Crippen molar-refractivity contribution in [3.63, 3.8) is 0 Å². The quantitative estimate of drug-likeness (QED) is 0.570. The molecule has 4 aliphatic rings. The number of hydrogen-bond acceptors (Lipinski definition) is 4. The van der Waals surface area contributed by atoms with E-state index in [0.29, 0.717) is 22.3 Å². The van der Waals surface area contributed by atoms with Crippen LogP contribution in [0.5, 0.6) is 0 Å².